The predicted octanol–water partition coefficient (Wildman–Crippen LogP) is 2.16. The van der Waals surface area contributed by atoms with E-state index in [1.807, 2.05) is 18.2 Å². The van der Waals surface area contributed by atoms with Gasteiger partial charge in [-0.15, -0.1) is 0 Å². The molecule has 0 heterocycles. The number of halogens is 4. The molecular formula is C12H8BF4MnO4. The van der Waals surface area contributed by atoms with E-state index in [0.29, 0.717) is 5.56 Å². The zero-order valence-electron chi connectivity index (χ0n) is 10.8. The third-order valence-electron chi connectivity index (χ3n) is 1.24. The summed E-state index contributed by atoms with van der Waals surface area (Å²) in [7, 11) is -6.00. The van der Waals surface area contributed by atoms with E-state index in [0.717, 1.165) is 0 Å². The monoisotopic (exact) mass is 358 g/mol. The van der Waals surface area contributed by atoms with Crippen LogP contribution < -0.4 is 0 Å². The van der Waals surface area contributed by atoms with Gasteiger partial charge in [-0.05, 0) is 6.08 Å². The van der Waals surface area contributed by atoms with Gasteiger partial charge in [0.1, 0.15) is 0 Å². The molecule has 1 rings (SSSR count). The first-order valence-corrected chi connectivity index (χ1v) is 4.55. The molecule has 0 saturated carbocycles. The zero-order chi connectivity index (χ0) is 17.9. The molecule has 0 bridgehead atoms. The Morgan fingerprint density at radius 2 is 1.18 bits per heavy atom. The number of carbonyl (C=O) groups excluding carboxylic acids is 4. The summed E-state index contributed by atoms with van der Waals surface area (Å²) in [4.78, 5) is 33.4. The van der Waals surface area contributed by atoms with Gasteiger partial charge in [0.05, 0.1) is 0 Å². The maximum Gasteiger partial charge on any atom is 1.00 e. The third kappa shape index (κ3) is 36.1. The molecule has 0 spiro atoms. The quantitative estimate of drug-likeness (QED) is 0.352. The number of hydrogen-bond donors (Lipinski definition) is 0. The summed E-state index contributed by atoms with van der Waals surface area (Å²) in [5.74, 6) is -0.0272. The molecule has 0 unspecified atom stereocenters. The number of allylic oxidation sites excluding steroid dienone is 1. The number of ketones is 1. The fraction of sp³-hybridized carbons (Fsp3) is 0. The average Bonchev–Trinajstić information content (AvgIpc) is 2.52. The number of hydrogen-bond acceptors (Lipinski definition) is 4. The van der Waals surface area contributed by atoms with Gasteiger partial charge < -0.3 is 17.3 Å². The van der Waals surface area contributed by atoms with E-state index >= 15 is 0 Å². The van der Waals surface area contributed by atoms with Crippen LogP contribution in [0.3, 0.4) is 0 Å². The van der Waals surface area contributed by atoms with Crippen molar-refractivity contribution in [1.82, 2.24) is 0 Å². The summed E-state index contributed by atoms with van der Waals surface area (Å²) in [6.45, 7) is 16.9. The molecule has 1 aromatic carbocycles. The Bertz CT molecular complexity index is 366. The van der Waals surface area contributed by atoms with Crippen molar-refractivity contribution >= 4 is 33.4 Å². The van der Waals surface area contributed by atoms with Crippen LogP contribution in [0, 0.1) is 0 Å². The minimum absolute atomic E-state index is 0. The van der Waals surface area contributed by atoms with Crippen LogP contribution in [0.4, 0.5) is 17.3 Å². The van der Waals surface area contributed by atoms with Crippen LogP contribution in [0.1, 0.15) is 10.4 Å². The van der Waals surface area contributed by atoms with Gasteiger partial charge in [0.25, 0.3) is 20.4 Å². The Balaban J connectivity index is -0.0000000691. The summed E-state index contributed by atoms with van der Waals surface area (Å²) < 4.78 is 39.0. The molecule has 0 amide bonds. The Kier molecular flexibility index (Phi) is 35.0. The smallest absolute Gasteiger partial charge is 0.418 e. The number of rotatable bonds is 2. The summed E-state index contributed by atoms with van der Waals surface area (Å²) in [5, 5.41) is 0. The van der Waals surface area contributed by atoms with Crippen LogP contribution in [0.15, 0.2) is 43.0 Å². The first kappa shape index (κ1) is 32.0. The van der Waals surface area contributed by atoms with E-state index < -0.39 is 7.25 Å². The van der Waals surface area contributed by atoms with Crippen molar-refractivity contribution in [3.05, 3.63) is 48.6 Å². The maximum absolute atomic E-state index is 10.9. The van der Waals surface area contributed by atoms with Crippen molar-refractivity contribution in [2.24, 2.45) is 0 Å². The standard InChI is InChI=1S/C9H8O.3CO.BF4.Mn/c1-2-9(10)8-6-4-3-5-7-8;3*1-2;2-1(3,4)5;/h2-7H,1H2;;;;;/q;;;;-1;+1. The van der Waals surface area contributed by atoms with Crippen LogP contribution in [0.5, 0.6) is 0 Å². The van der Waals surface area contributed by atoms with Crippen molar-refractivity contribution < 1.29 is 53.5 Å². The fourth-order valence-corrected chi connectivity index (χ4v) is 0.720. The first-order valence-electron chi connectivity index (χ1n) is 4.55. The molecule has 22 heavy (non-hydrogen) atoms. The van der Waals surface area contributed by atoms with Crippen molar-refractivity contribution in [3.8, 4) is 0 Å². The van der Waals surface area contributed by atoms with Crippen LogP contribution in [0.2, 0.25) is 0 Å². The molecule has 1 aromatic rings. The van der Waals surface area contributed by atoms with Crippen molar-refractivity contribution in [2.75, 3.05) is 0 Å². The van der Waals surface area contributed by atoms with E-state index in [4.69, 9.17) is 14.4 Å². The number of carbonyl (C=O) groups is 1. The average molecular weight is 358 g/mol. The normalized spacial score (nSPS) is 7.27. The second kappa shape index (κ2) is 24.0. The molecule has 0 aliphatic rings. The molecule has 0 N–H and O–H groups in total. The molecule has 6 radical (unpaired) electrons. The summed E-state index contributed by atoms with van der Waals surface area (Å²) in [6, 6.07) is 9.07. The second-order valence-electron chi connectivity index (χ2n) is 2.43. The predicted molar refractivity (Wildman–Crippen MR) is 68.2 cm³/mol. The summed E-state index contributed by atoms with van der Waals surface area (Å²) in [6.07, 6.45) is 1.31. The minimum Gasteiger partial charge on any atom is -0.418 e. The SMILES string of the molecule is C=CC(=O)c1ccccc1.F[B-](F)(F)F.[C]=O.[C]=O.[C]=O.[Mn+]. The summed E-state index contributed by atoms with van der Waals surface area (Å²) >= 11 is 0. The van der Waals surface area contributed by atoms with E-state index in [1.165, 1.54) is 6.08 Å². The molecule has 0 saturated heterocycles. The van der Waals surface area contributed by atoms with E-state index in [9.17, 15) is 22.1 Å². The fourth-order valence-electron chi connectivity index (χ4n) is 0.720. The zero-order valence-corrected chi connectivity index (χ0v) is 12.0. The van der Waals surface area contributed by atoms with Crippen LogP contribution >= 0.6 is 0 Å². The van der Waals surface area contributed by atoms with E-state index in [2.05, 4.69) is 26.9 Å². The molecular weight excluding hydrogens is 350 g/mol. The van der Waals surface area contributed by atoms with E-state index in [-0.39, 0.29) is 22.9 Å². The van der Waals surface area contributed by atoms with Gasteiger partial charge in [0.2, 0.25) is 0 Å². The molecule has 10 heteroatoms. The molecule has 0 atom stereocenters. The van der Waals surface area contributed by atoms with Gasteiger partial charge in [-0.25, -0.2) is 0 Å². The Morgan fingerprint density at radius 1 is 0.909 bits per heavy atom. The van der Waals surface area contributed by atoms with Gasteiger partial charge in [0, 0.05) is 5.56 Å². The first-order chi connectivity index (χ1) is 9.84. The van der Waals surface area contributed by atoms with Crippen LogP contribution in [-0.2, 0) is 31.5 Å². The minimum atomic E-state index is -6.00. The molecule has 0 fully saturated rings. The maximum atomic E-state index is 10.9. The third-order valence-corrected chi connectivity index (χ3v) is 1.24. The van der Waals surface area contributed by atoms with Gasteiger partial charge in [-0.1, -0.05) is 36.9 Å². The van der Waals surface area contributed by atoms with Gasteiger partial charge >= 0.3 is 24.3 Å². The van der Waals surface area contributed by atoms with Crippen molar-refractivity contribution in [1.29, 1.82) is 0 Å². The number of benzene rings is 1. The molecule has 0 aliphatic heterocycles. The topological polar surface area (TPSA) is 68.3 Å². The molecule has 118 valence electrons. The Hall–Kier alpha value is -2.06. The summed E-state index contributed by atoms with van der Waals surface area (Å²) in [5.41, 5.74) is 0.692. The largest absolute Gasteiger partial charge is 1.00 e. The van der Waals surface area contributed by atoms with Gasteiger partial charge in [0.15, 0.2) is 5.78 Å². The Labute approximate surface area is 136 Å². The van der Waals surface area contributed by atoms with Gasteiger partial charge in [-0.2, -0.15) is 0 Å². The molecule has 0 aromatic heterocycles. The van der Waals surface area contributed by atoms with Gasteiger partial charge in [-0.3, -0.25) is 19.2 Å². The van der Waals surface area contributed by atoms with E-state index in [1.54, 1.807) is 12.1 Å². The second-order valence-corrected chi connectivity index (χ2v) is 2.43. The molecule has 4 nitrogen and oxygen atoms in total. The Morgan fingerprint density at radius 3 is 1.41 bits per heavy atom. The van der Waals surface area contributed by atoms with Crippen molar-refractivity contribution in [2.45, 2.75) is 0 Å². The molecule has 0 aliphatic carbocycles. The van der Waals surface area contributed by atoms with Crippen LogP contribution in [0.25, 0.3) is 0 Å². The van der Waals surface area contributed by atoms with Crippen molar-refractivity contribution in [3.63, 3.8) is 0 Å². The van der Waals surface area contributed by atoms with Crippen LogP contribution in [-0.4, -0.2) is 33.4 Å².